The Morgan fingerprint density at radius 2 is 1.79 bits per heavy atom. The van der Waals surface area contributed by atoms with Gasteiger partial charge in [0.1, 0.15) is 11.3 Å². The summed E-state index contributed by atoms with van der Waals surface area (Å²) >= 11 is 0. The summed E-state index contributed by atoms with van der Waals surface area (Å²) in [6.07, 6.45) is 3.74. The number of morpholine rings is 1. The van der Waals surface area contributed by atoms with Crippen LogP contribution in [0.15, 0.2) is 48.7 Å². The van der Waals surface area contributed by atoms with Gasteiger partial charge in [0.15, 0.2) is 0 Å². The van der Waals surface area contributed by atoms with Crippen molar-refractivity contribution in [2.24, 2.45) is 5.92 Å². The molecule has 6 nitrogen and oxygen atoms in total. The highest BCUT2D eigenvalue weighted by atomic mass is 16.5. The molecule has 1 amide bonds. The molecule has 0 aliphatic carbocycles. The SMILES string of the molecule is O=C(c1cccnc1Oc1ccccc1)N1CCC(CN2CCOCC2)CC1. The molecule has 0 N–H and O–H groups in total. The molecule has 2 aromatic rings. The number of para-hydroxylation sites is 1. The highest BCUT2D eigenvalue weighted by Gasteiger charge is 2.27. The second kappa shape index (κ2) is 9.17. The lowest BCUT2D eigenvalue weighted by molar-refractivity contribution is 0.0242. The number of amides is 1. The number of piperidine rings is 1. The molecule has 0 spiro atoms. The first-order chi connectivity index (χ1) is 13.8. The number of carbonyl (C=O) groups is 1. The van der Waals surface area contributed by atoms with E-state index in [0.717, 1.165) is 58.8 Å². The van der Waals surface area contributed by atoms with E-state index in [-0.39, 0.29) is 5.91 Å². The molecule has 0 radical (unpaired) electrons. The predicted octanol–water partition coefficient (Wildman–Crippen LogP) is 3.06. The van der Waals surface area contributed by atoms with Crippen molar-refractivity contribution in [3.8, 4) is 11.6 Å². The smallest absolute Gasteiger partial charge is 0.259 e. The van der Waals surface area contributed by atoms with Gasteiger partial charge in [-0.25, -0.2) is 4.98 Å². The minimum Gasteiger partial charge on any atom is -0.438 e. The molecule has 0 bridgehead atoms. The van der Waals surface area contributed by atoms with Gasteiger partial charge in [0.05, 0.1) is 13.2 Å². The van der Waals surface area contributed by atoms with Crippen molar-refractivity contribution in [3.63, 3.8) is 0 Å². The van der Waals surface area contributed by atoms with Crippen molar-refractivity contribution in [2.75, 3.05) is 45.9 Å². The Morgan fingerprint density at radius 1 is 1.04 bits per heavy atom. The van der Waals surface area contributed by atoms with E-state index in [0.29, 0.717) is 23.1 Å². The lowest BCUT2D eigenvalue weighted by Crippen LogP contribution is -2.44. The van der Waals surface area contributed by atoms with Gasteiger partial charge in [-0.15, -0.1) is 0 Å². The molecule has 6 heteroatoms. The van der Waals surface area contributed by atoms with Crippen LogP contribution in [0.5, 0.6) is 11.6 Å². The Hall–Kier alpha value is -2.44. The van der Waals surface area contributed by atoms with Crippen molar-refractivity contribution in [2.45, 2.75) is 12.8 Å². The molecule has 0 unspecified atom stereocenters. The number of aromatic nitrogens is 1. The summed E-state index contributed by atoms with van der Waals surface area (Å²) in [6.45, 7) is 6.40. The first kappa shape index (κ1) is 18.9. The van der Waals surface area contributed by atoms with Crippen molar-refractivity contribution >= 4 is 5.91 Å². The number of benzene rings is 1. The summed E-state index contributed by atoms with van der Waals surface area (Å²) in [7, 11) is 0. The number of ether oxygens (including phenoxy) is 2. The molecule has 0 saturated carbocycles. The quantitative estimate of drug-likeness (QED) is 0.797. The van der Waals surface area contributed by atoms with Crippen LogP contribution in [0.2, 0.25) is 0 Å². The van der Waals surface area contributed by atoms with Gasteiger partial charge < -0.3 is 14.4 Å². The van der Waals surface area contributed by atoms with E-state index in [2.05, 4.69) is 9.88 Å². The van der Waals surface area contributed by atoms with Crippen LogP contribution in [0.3, 0.4) is 0 Å². The summed E-state index contributed by atoms with van der Waals surface area (Å²) < 4.78 is 11.3. The van der Waals surface area contributed by atoms with Crippen molar-refractivity contribution < 1.29 is 14.3 Å². The van der Waals surface area contributed by atoms with Crippen LogP contribution < -0.4 is 4.74 Å². The number of hydrogen-bond donors (Lipinski definition) is 0. The van der Waals surface area contributed by atoms with Crippen LogP contribution in [0.1, 0.15) is 23.2 Å². The standard InChI is InChI=1S/C22H27N3O3/c26-22(20-7-4-10-23-21(20)28-19-5-2-1-3-6-19)25-11-8-18(9-12-25)17-24-13-15-27-16-14-24/h1-7,10,18H,8-9,11-17H2. The normalized spacial score (nSPS) is 18.8. The van der Waals surface area contributed by atoms with Gasteiger partial charge >= 0.3 is 0 Å². The molecular formula is C22H27N3O3. The molecule has 0 atom stereocenters. The zero-order valence-electron chi connectivity index (χ0n) is 16.1. The van der Waals surface area contributed by atoms with Gasteiger partial charge in [0.25, 0.3) is 5.91 Å². The lowest BCUT2D eigenvalue weighted by atomic mass is 9.95. The van der Waals surface area contributed by atoms with Crippen molar-refractivity contribution in [1.82, 2.24) is 14.8 Å². The van der Waals surface area contributed by atoms with Crippen LogP contribution in [-0.2, 0) is 4.74 Å². The molecule has 2 saturated heterocycles. The minimum atomic E-state index is 0.00357. The highest BCUT2D eigenvalue weighted by molar-refractivity contribution is 5.96. The predicted molar refractivity (Wildman–Crippen MR) is 107 cm³/mol. The number of pyridine rings is 1. The van der Waals surface area contributed by atoms with Gasteiger partial charge in [0, 0.05) is 38.9 Å². The minimum absolute atomic E-state index is 0.00357. The van der Waals surface area contributed by atoms with Gasteiger partial charge in [-0.3, -0.25) is 9.69 Å². The van der Waals surface area contributed by atoms with Crippen molar-refractivity contribution in [3.05, 3.63) is 54.2 Å². The average Bonchev–Trinajstić information content (AvgIpc) is 2.76. The van der Waals surface area contributed by atoms with Crippen LogP contribution in [-0.4, -0.2) is 66.6 Å². The van der Waals surface area contributed by atoms with E-state index in [9.17, 15) is 4.79 Å². The third-order valence-corrected chi connectivity index (χ3v) is 5.48. The second-order valence-electron chi connectivity index (χ2n) is 7.42. The van der Waals surface area contributed by atoms with E-state index in [1.165, 1.54) is 0 Å². The van der Waals surface area contributed by atoms with Crippen molar-refractivity contribution in [1.29, 1.82) is 0 Å². The van der Waals surface area contributed by atoms with E-state index < -0.39 is 0 Å². The Labute approximate surface area is 166 Å². The largest absolute Gasteiger partial charge is 0.438 e. The second-order valence-corrected chi connectivity index (χ2v) is 7.42. The molecule has 28 heavy (non-hydrogen) atoms. The fourth-order valence-electron chi connectivity index (χ4n) is 3.87. The molecule has 1 aromatic heterocycles. The average molecular weight is 381 g/mol. The summed E-state index contributed by atoms with van der Waals surface area (Å²) in [5.74, 6) is 1.70. The van der Waals surface area contributed by atoms with E-state index in [4.69, 9.17) is 9.47 Å². The first-order valence-electron chi connectivity index (χ1n) is 10.1. The van der Waals surface area contributed by atoms with E-state index in [1.54, 1.807) is 18.3 Å². The van der Waals surface area contributed by atoms with Crippen LogP contribution in [0.4, 0.5) is 0 Å². The van der Waals surface area contributed by atoms with Crippen LogP contribution in [0, 0.1) is 5.92 Å². The third kappa shape index (κ3) is 4.69. The number of nitrogens with zero attached hydrogens (tertiary/aromatic N) is 3. The van der Waals surface area contributed by atoms with Crippen LogP contribution in [0.25, 0.3) is 0 Å². The Kier molecular flexibility index (Phi) is 6.19. The Balaban J connectivity index is 1.36. The Morgan fingerprint density at radius 3 is 2.54 bits per heavy atom. The zero-order valence-corrected chi connectivity index (χ0v) is 16.1. The molecule has 2 fully saturated rings. The van der Waals surface area contributed by atoms with Gasteiger partial charge in [-0.1, -0.05) is 18.2 Å². The van der Waals surface area contributed by atoms with E-state index >= 15 is 0 Å². The van der Waals surface area contributed by atoms with Gasteiger partial charge in [-0.2, -0.15) is 0 Å². The lowest BCUT2D eigenvalue weighted by Gasteiger charge is -2.36. The number of carbonyl (C=O) groups excluding carboxylic acids is 1. The molecule has 4 rings (SSSR count). The number of hydrogen-bond acceptors (Lipinski definition) is 5. The summed E-state index contributed by atoms with van der Waals surface area (Å²) in [5, 5.41) is 0. The molecule has 1 aromatic carbocycles. The van der Waals surface area contributed by atoms with Gasteiger partial charge in [0.2, 0.25) is 5.88 Å². The fourth-order valence-corrected chi connectivity index (χ4v) is 3.87. The molecular weight excluding hydrogens is 354 g/mol. The topological polar surface area (TPSA) is 54.9 Å². The fraction of sp³-hybridized carbons (Fsp3) is 0.455. The molecule has 148 valence electrons. The molecule has 3 heterocycles. The maximum absolute atomic E-state index is 13.1. The summed E-state index contributed by atoms with van der Waals surface area (Å²) in [4.78, 5) is 21.8. The summed E-state index contributed by atoms with van der Waals surface area (Å²) in [5.41, 5.74) is 0.526. The first-order valence-corrected chi connectivity index (χ1v) is 10.1. The Bertz CT molecular complexity index is 770. The summed E-state index contributed by atoms with van der Waals surface area (Å²) in [6, 6.07) is 13.0. The maximum Gasteiger partial charge on any atom is 0.259 e. The monoisotopic (exact) mass is 381 g/mol. The zero-order chi connectivity index (χ0) is 19.2. The number of rotatable bonds is 5. The van der Waals surface area contributed by atoms with E-state index in [1.807, 2.05) is 35.2 Å². The highest BCUT2D eigenvalue weighted by Crippen LogP contribution is 2.26. The maximum atomic E-state index is 13.1. The molecule has 2 aliphatic rings. The molecule has 2 aliphatic heterocycles. The third-order valence-electron chi connectivity index (χ3n) is 5.48. The van der Waals surface area contributed by atoms with Crippen LogP contribution >= 0.6 is 0 Å². The number of likely N-dealkylation sites (tertiary alicyclic amines) is 1. The van der Waals surface area contributed by atoms with Gasteiger partial charge in [-0.05, 0) is 43.0 Å².